The molecular weight excluding hydrogens is 598 g/mol. The maximum Gasteiger partial charge on any atom is 0.318 e. The van der Waals surface area contributed by atoms with E-state index in [9.17, 15) is 13.7 Å². The van der Waals surface area contributed by atoms with Gasteiger partial charge in [-0.15, -0.1) is 0 Å². The minimum atomic E-state index is -3.44. The molecule has 0 bridgehead atoms. The van der Waals surface area contributed by atoms with Crippen molar-refractivity contribution in [2.24, 2.45) is 0 Å². The number of benzene rings is 2. The molecule has 3 aliphatic rings. The number of aromatic nitrogens is 2. The molecule has 12 heteroatoms. The molecule has 3 aliphatic heterocycles. The molecule has 234 valence electrons. The standard InChI is InChI=1S/C32H40ClN7O3S/c1-22(2)39-15-6-9-25(39)21-43-32-35-28-20-37(29-11-5-8-23-7-4-10-27(33)30(23)29)16-13-26(28)31(36-32)38-17-18-40(44(3,41)42)24(19-38)12-14-34/h4-5,7-8,10-11,22,24-25H,6,9,12-13,15-21H2,1-3H3/t24-,25-/m0/s1. The average molecular weight is 638 g/mol. The molecule has 4 heterocycles. The third-order valence-electron chi connectivity index (χ3n) is 9.17. The molecule has 0 radical (unpaired) electrons. The molecule has 0 saturated carbocycles. The summed E-state index contributed by atoms with van der Waals surface area (Å²) >= 11 is 6.70. The van der Waals surface area contributed by atoms with Gasteiger partial charge in [-0.1, -0.05) is 35.9 Å². The van der Waals surface area contributed by atoms with E-state index >= 15 is 0 Å². The Kier molecular flexibility index (Phi) is 8.88. The van der Waals surface area contributed by atoms with Crippen LogP contribution in [0.1, 0.15) is 44.4 Å². The van der Waals surface area contributed by atoms with Crippen LogP contribution in [0.2, 0.25) is 5.02 Å². The van der Waals surface area contributed by atoms with E-state index in [0.29, 0.717) is 57.3 Å². The lowest BCUT2D eigenvalue weighted by Gasteiger charge is -2.41. The van der Waals surface area contributed by atoms with Crippen molar-refractivity contribution in [1.29, 1.82) is 5.26 Å². The molecule has 0 N–H and O–H groups in total. The number of nitriles is 1. The summed E-state index contributed by atoms with van der Waals surface area (Å²) in [5, 5.41) is 12.3. The second-order valence-electron chi connectivity index (χ2n) is 12.3. The van der Waals surface area contributed by atoms with E-state index in [4.69, 9.17) is 26.3 Å². The van der Waals surface area contributed by atoms with Crippen molar-refractivity contribution < 1.29 is 13.2 Å². The highest BCUT2D eigenvalue weighted by Gasteiger charge is 2.36. The molecule has 0 spiro atoms. The van der Waals surface area contributed by atoms with Crippen LogP contribution in [0.15, 0.2) is 36.4 Å². The third kappa shape index (κ3) is 6.18. The predicted octanol–water partition coefficient (Wildman–Crippen LogP) is 4.46. The van der Waals surface area contributed by atoms with Gasteiger partial charge in [0, 0.05) is 54.9 Å². The van der Waals surface area contributed by atoms with E-state index in [0.717, 1.165) is 64.5 Å². The summed E-state index contributed by atoms with van der Waals surface area (Å²) < 4.78 is 32.8. The number of piperazine rings is 1. The number of likely N-dealkylation sites (tertiary alicyclic amines) is 1. The quantitative estimate of drug-likeness (QED) is 0.354. The Bertz CT molecular complexity index is 1670. The number of nitrogens with zero attached hydrogens (tertiary/aromatic N) is 7. The first-order chi connectivity index (χ1) is 21.1. The van der Waals surface area contributed by atoms with Crippen molar-refractivity contribution >= 4 is 43.9 Å². The third-order valence-corrected chi connectivity index (χ3v) is 10.8. The summed E-state index contributed by atoms with van der Waals surface area (Å²) in [7, 11) is -3.44. The number of rotatable bonds is 8. The Morgan fingerprint density at radius 1 is 1.07 bits per heavy atom. The number of sulfonamides is 1. The fraction of sp³-hybridized carbons (Fsp3) is 0.531. The molecule has 0 unspecified atom stereocenters. The number of anilines is 2. The van der Waals surface area contributed by atoms with Gasteiger partial charge in [0.15, 0.2) is 0 Å². The lowest BCUT2D eigenvalue weighted by Crippen LogP contribution is -2.55. The molecule has 2 saturated heterocycles. The highest BCUT2D eigenvalue weighted by molar-refractivity contribution is 7.88. The van der Waals surface area contributed by atoms with Crippen molar-refractivity contribution in [3.05, 3.63) is 52.7 Å². The zero-order valence-electron chi connectivity index (χ0n) is 25.6. The van der Waals surface area contributed by atoms with Gasteiger partial charge >= 0.3 is 6.01 Å². The van der Waals surface area contributed by atoms with Crippen LogP contribution in [0.4, 0.5) is 11.5 Å². The summed E-state index contributed by atoms with van der Waals surface area (Å²) in [6.07, 6.45) is 4.27. The molecule has 2 atom stereocenters. The van der Waals surface area contributed by atoms with Crippen LogP contribution in [0.25, 0.3) is 10.8 Å². The monoisotopic (exact) mass is 637 g/mol. The van der Waals surface area contributed by atoms with Gasteiger partial charge in [-0.2, -0.15) is 19.5 Å². The zero-order chi connectivity index (χ0) is 31.0. The minimum Gasteiger partial charge on any atom is -0.462 e. The molecule has 0 amide bonds. The normalized spacial score (nSPS) is 21.5. The van der Waals surface area contributed by atoms with Crippen molar-refractivity contribution in [3.63, 3.8) is 0 Å². The Labute approximate surface area is 265 Å². The topological polar surface area (TPSA) is 106 Å². The van der Waals surface area contributed by atoms with Gasteiger partial charge in [0.1, 0.15) is 12.4 Å². The molecule has 1 aromatic heterocycles. The fourth-order valence-electron chi connectivity index (χ4n) is 7.09. The van der Waals surface area contributed by atoms with Gasteiger partial charge in [0.2, 0.25) is 10.0 Å². The van der Waals surface area contributed by atoms with Gasteiger partial charge in [0.05, 0.1) is 42.0 Å². The van der Waals surface area contributed by atoms with E-state index in [2.05, 4.69) is 58.9 Å². The first-order valence-electron chi connectivity index (χ1n) is 15.4. The number of hydrogen-bond acceptors (Lipinski definition) is 9. The second-order valence-corrected chi connectivity index (χ2v) is 14.7. The first kappa shape index (κ1) is 30.8. The van der Waals surface area contributed by atoms with Crippen LogP contribution in [-0.2, 0) is 23.0 Å². The molecular formula is C32H40ClN7O3S. The Morgan fingerprint density at radius 2 is 1.86 bits per heavy atom. The van der Waals surface area contributed by atoms with E-state index in [-0.39, 0.29) is 6.42 Å². The van der Waals surface area contributed by atoms with Crippen molar-refractivity contribution in [2.45, 2.75) is 64.2 Å². The van der Waals surface area contributed by atoms with Gasteiger partial charge in [-0.3, -0.25) is 4.90 Å². The average Bonchev–Trinajstić information content (AvgIpc) is 3.48. The van der Waals surface area contributed by atoms with E-state index in [1.807, 2.05) is 12.1 Å². The highest BCUT2D eigenvalue weighted by Crippen LogP contribution is 2.37. The zero-order valence-corrected chi connectivity index (χ0v) is 27.2. The molecule has 0 aliphatic carbocycles. The van der Waals surface area contributed by atoms with Gasteiger partial charge < -0.3 is 14.5 Å². The van der Waals surface area contributed by atoms with Crippen LogP contribution >= 0.6 is 11.6 Å². The summed E-state index contributed by atoms with van der Waals surface area (Å²) in [5.41, 5.74) is 3.01. The van der Waals surface area contributed by atoms with Crippen LogP contribution in [0.3, 0.4) is 0 Å². The van der Waals surface area contributed by atoms with Crippen LogP contribution in [0, 0.1) is 11.3 Å². The fourth-order valence-corrected chi connectivity index (χ4v) is 8.46. The van der Waals surface area contributed by atoms with Gasteiger partial charge in [0.25, 0.3) is 0 Å². The maximum atomic E-state index is 12.5. The molecule has 44 heavy (non-hydrogen) atoms. The first-order valence-corrected chi connectivity index (χ1v) is 17.7. The Balaban J connectivity index is 1.34. The molecule has 6 rings (SSSR count). The molecule has 10 nitrogen and oxygen atoms in total. The number of fused-ring (bicyclic) bond motifs is 2. The van der Waals surface area contributed by atoms with E-state index in [1.54, 1.807) is 0 Å². The largest absolute Gasteiger partial charge is 0.462 e. The number of ether oxygens (including phenoxy) is 1. The summed E-state index contributed by atoms with van der Waals surface area (Å²) in [5.74, 6) is 0.781. The summed E-state index contributed by atoms with van der Waals surface area (Å²) in [6, 6.07) is 15.0. The highest BCUT2D eigenvalue weighted by atomic mass is 35.5. The Hall–Kier alpha value is -3.17. The van der Waals surface area contributed by atoms with Crippen LogP contribution in [0.5, 0.6) is 6.01 Å². The maximum absolute atomic E-state index is 12.5. The Morgan fingerprint density at radius 3 is 2.61 bits per heavy atom. The van der Waals surface area contributed by atoms with E-state index < -0.39 is 16.1 Å². The lowest BCUT2D eigenvalue weighted by molar-refractivity contribution is 0.138. The lowest BCUT2D eigenvalue weighted by atomic mass is 10.0. The molecule has 2 fully saturated rings. The second kappa shape index (κ2) is 12.7. The van der Waals surface area contributed by atoms with Crippen molar-refractivity contribution in [1.82, 2.24) is 19.2 Å². The van der Waals surface area contributed by atoms with Crippen LogP contribution < -0.4 is 14.5 Å². The van der Waals surface area contributed by atoms with Crippen LogP contribution in [-0.4, -0.2) is 91.3 Å². The summed E-state index contributed by atoms with van der Waals surface area (Å²) in [6.45, 7) is 8.49. The minimum absolute atomic E-state index is 0.114. The van der Waals surface area contributed by atoms with Crippen molar-refractivity contribution in [2.75, 3.05) is 55.4 Å². The smallest absolute Gasteiger partial charge is 0.318 e. The molecule has 3 aromatic rings. The van der Waals surface area contributed by atoms with Gasteiger partial charge in [-0.25, -0.2) is 8.42 Å². The SMILES string of the molecule is CC(C)N1CCC[C@H]1COc1nc2c(c(N3CCN(S(C)(=O)=O)[C@@H](CC#N)C3)n1)CCN(c1cccc3cccc(Cl)c13)C2. The summed E-state index contributed by atoms with van der Waals surface area (Å²) in [4.78, 5) is 16.9. The van der Waals surface area contributed by atoms with Crippen molar-refractivity contribution in [3.8, 4) is 12.1 Å². The van der Waals surface area contributed by atoms with Gasteiger partial charge in [-0.05, 0) is 57.2 Å². The number of halogens is 1. The molecule has 2 aromatic carbocycles. The number of hydrogen-bond donors (Lipinski definition) is 0. The predicted molar refractivity (Wildman–Crippen MR) is 174 cm³/mol. The van der Waals surface area contributed by atoms with E-state index in [1.165, 1.54) is 10.6 Å².